The second-order valence-electron chi connectivity index (χ2n) is 6.90. The summed E-state index contributed by atoms with van der Waals surface area (Å²) in [7, 11) is 0. The average molecular weight is 274 g/mol. The first kappa shape index (κ1) is 13.8. The molecule has 1 atom stereocenters. The van der Waals surface area contributed by atoms with Crippen LogP contribution >= 0.6 is 0 Å². The maximum absolute atomic E-state index is 4.50. The van der Waals surface area contributed by atoms with Crippen LogP contribution in [0.1, 0.15) is 38.7 Å². The Morgan fingerprint density at radius 2 is 1.95 bits per heavy atom. The van der Waals surface area contributed by atoms with E-state index in [9.17, 15) is 0 Å². The molecule has 2 aliphatic rings. The minimum Gasteiger partial charge on any atom is -0.339 e. The summed E-state index contributed by atoms with van der Waals surface area (Å²) in [5.41, 5.74) is 1.52. The van der Waals surface area contributed by atoms with E-state index in [-0.39, 0.29) is 0 Å². The Hall–Kier alpha value is -1.16. The van der Waals surface area contributed by atoms with Crippen molar-refractivity contribution in [3.63, 3.8) is 0 Å². The molecule has 0 aliphatic carbocycles. The molecule has 1 aromatic heterocycles. The highest BCUT2D eigenvalue weighted by atomic mass is 15.3. The third kappa shape index (κ3) is 2.53. The van der Waals surface area contributed by atoms with E-state index in [1.807, 2.05) is 19.3 Å². The molecular formula is C16H26N4. The van der Waals surface area contributed by atoms with Gasteiger partial charge in [0.1, 0.15) is 0 Å². The Bertz CT molecular complexity index is 456. The molecule has 3 heterocycles. The van der Waals surface area contributed by atoms with Crippen molar-refractivity contribution < 1.29 is 0 Å². The molecule has 0 bridgehead atoms. The minimum absolute atomic E-state index is 0.387. The lowest BCUT2D eigenvalue weighted by Crippen LogP contribution is -2.47. The number of rotatable bonds is 3. The third-order valence-corrected chi connectivity index (χ3v) is 4.71. The van der Waals surface area contributed by atoms with Crippen LogP contribution in [0.4, 0.5) is 5.95 Å². The summed E-state index contributed by atoms with van der Waals surface area (Å²) in [5, 5.41) is 0. The number of hydrogen-bond donors (Lipinski definition) is 0. The van der Waals surface area contributed by atoms with E-state index in [0.717, 1.165) is 30.5 Å². The van der Waals surface area contributed by atoms with E-state index in [2.05, 4.69) is 33.6 Å². The molecule has 1 aromatic rings. The number of aromatic nitrogens is 2. The normalized spacial score (nSPS) is 27.1. The Morgan fingerprint density at radius 3 is 2.65 bits per heavy atom. The van der Waals surface area contributed by atoms with Crippen LogP contribution in [0.2, 0.25) is 0 Å². The standard InChI is InChI=1S/C16H26N4/c1-13(2)11-20-7-4-5-16(20)6-8-19(12-16)15-17-9-14(3)10-18-15/h9-10,13H,4-8,11-12H2,1-3H3. The molecule has 0 aromatic carbocycles. The van der Waals surface area contributed by atoms with Gasteiger partial charge in [0.2, 0.25) is 5.95 Å². The second-order valence-corrected chi connectivity index (χ2v) is 6.90. The molecule has 1 unspecified atom stereocenters. The van der Waals surface area contributed by atoms with Crippen molar-refractivity contribution in [3.05, 3.63) is 18.0 Å². The van der Waals surface area contributed by atoms with Crippen molar-refractivity contribution in [2.24, 2.45) is 5.92 Å². The van der Waals surface area contributed by atoms with Crippen LogP contribution in [0.25, 0.3) is 0 Å². The predicted octanol–water partition coefficient (Wildman–Crippen LogP) is 2.49. The summed E-state index contributed by atoms with van der Waals surface area (Å²) in [6.07, 6.45) is 7.79. The van der Waals surface area contributed by atoms with Gasteiger partial charge in [-0.15, -0.1) is 0 Å². The Morgan fingerprint density at radius 1 is 1.20 bits per heavy atom. The van der Waals surface area contributed by atoms with Gasteiger partial charge in [-0.3, -0.25) is 4.90 Å². The molecule has 4 nitrogen and oxygen atoms in total. The van der Waals surface area contributed by atoms with Crippen LogP contribution in [-0.2, 0) is 0 Å². The summed E-state index contributed by atoms with van der Waals surface area (Å²) in [4.78, 5) is 14.1. The van der Waals surface area contributed by atoms with E-state index >= 15 is 0 Å². The fourth-order valence-corrected chi connectivity index (χ4v) is 3.76. The maximum Gasteiger partial charge on any atom is 0.225 e. The van der Waals surface area contributed by atoms with Crippen molar-refractivity contribution >= 4 is 5.95 Å². The zero-order valence-electron chi connectivity index (χ0n) is 13.0. The molecule has 20 heavy (non-hydrogen) atoms. The van der Waals surface area contributed by atoms with Crippen LogP contribution in [0.3, 0.4) is 0 Å². The topological polar surface area (TPSA) is 32.3 Å². The molecule has 0 radical (unpaired) electrons. The monoisotopic (exact) mass is 274 g/mol. The minimum atomic E-state index is 0.387. The van der Waals surface area contributed by atoms with Crippen LogP contribution < -0.4 is 4.90 Å². The Balaban J connectivity index is 1.73. The summed E-state index contributed by atoms with van der Waals surface area (Å²) in [5.74, 6) is 1.65. The molecule has 2 aliphatic heterocycles. The first-order valence-electron chi connectivity index (χ1n) is 7.88. The number of anilines is 1. The van der Waals surface area contributed by atoms with E-state index in [4.69, 9.17) is 0 Å². The highest BCUT2D eigenvalue weighted by Gasteiger charge is 2.46. The quantitative estimate of drug-likeness (QED) is 0.847. The Kier molecular flexibility index (Phi) is 3.67. The van der Waals surface area contributed by atoms with Gasteiger partial charge in [0.15, 0.2) is 0 Å². The van der Waals surface area contributed by atoms with Gasteiger partial charge in [-0.2, -0.15) is 0 Å². The predicted molar refractivity (Wildman–Crippen MR) is 82.0 cm³/mol. The molecule has 0 N–H and O–H groups in total. The molecule has 110 valence electrons. The van der Waals surface area contributed by atoms with Gasteiger partial charge >= 0.3 is 0 Å². The van der Waals surface area contributed by atoms with E-state index < -0.39 is 0 Å². The fourth-order valence-electron chi connectivity index (χ4n) is 3.76. The maximum atomic E-state index is 4.50. The molecule has 0 amide bonds. The molecule has 3 rings (SSSR count). The second kappa shape index (κ2) is 5.32. The van der Waals surface area contributed by atoms with Crippen molar-refractivity contribution in [1.82, 2.24) is 14.9 Å². The van der Waals surface area contributed by atoms with Crippen LogP contribution in [0, 0.1) is 12.8 Å². The summed E-state index contributed by atoms with van der Waals surface area (Å²) < 4.78 is 0. The van der Waals surface area contributed by atoms with Gasteiger partial charge in [-0.05, 0) is 44.2 Å². The first-order chi connectivity index (χ1) is 9.59. The lowest BCUT2D eigenvalue weighted by molar-refractivity contribution is 0.141. The fraction of sp³-hybridized carbons (Fsp3) is 0.750. The van der Waals surface area contributed by atoms with Gasteiger partial charge in [-0.25, -0.2) is 9.97 Å². The highest BCUT2D eigenvalue weighted by molar-refractivity contribution is 5.34. The third-order valence-electron chi connectivity index (χ3n) is 4.71. The number of likely N-dealkylation sites (tertiary alicyclic amines) is 1. The van der Waals surface area contributed by atoms with Crippen LogP contribution in [0.15, 0.2) is 12.4 Å². The summed E-state index contributed by atoms with van der Waals surface area (Å²) >= 11 is 0. The molecule has 2 saturated heterocycles. The molecule has 2 fully saturated rings. The summed E-state index contributed by atoms with van der Waals surface area (Å²) in [6.45, 7) is 11.4. The number of nitrogens with zero attached hydrogens (tertiary/aromatic N) is 4. The van der Waals surface area contributed by atoms with Crippen molar-refractivity contribution in [2.75, 3.05) is 31.1 Å². The smallest absolute Gasteiger partial charge is 0.225 e. The SMILES string of the molecule is Cc1cnc(N2CCC3(CCCN3CC(C)C)C2)nc1. The highest BCUT2D eigenvalue weighted by Crippen LogP contribution is 2.38. The van der Waals surface area contributed by atoms with Crippen molar-refractivity contribution in [1.29, 1.82) is 0 Å². The van der Waals surface area contributed by atoms with E-state index in [0.29, 0.717) is 5.54 Å². The molecule has 1 spiro atoms. The number of aryl methyl sites for hydroxylation is 1. The van der Waals surface area contributed by atoms with Gasteiger partial charge in [0.25, 0.3) is 0 Å². The zero-order valence-corrected chi connectivity index (χ0v) is 13.0. The lowest BCUT2D eigenvalue weighted by Gasteiger charge is -2.36. The van der Waals surface area contributed by atoms with Crippen LogP contribution in [-0.4, -0.2) is 46.6 Å². The zero-order chi connectivity index (χ0) is 14.2. The van der Waals surface area contributed by atoms with E-state index in [1.165, 1.54) is 32.4 Å². The Labute approximate surface area is 122 Å². The van der Waals surface area contributed by atoms with Crippen molar-refractivity contribution in [3.8, 4) is 0 Å². The van der Waals surface area contributed by atoms with Crippen LogP contribution in [0.5, 0.6) is 0 Å². The van der Waals surface area contributed by atoms with E-state index in [1.54, 1.807) is 0 Å². The van der Waals surface area contributed by atoms with Gasteiger partial charge in [0.05, 0.1) is 0 Å². The molecular weight excluding hydrogens is 248 g/mol. The average Bonchev–Trinajstić information content (AvgIpc) is 2.99. The van der Waals surface area contributed by atoms with Gasteiger partial charge < -0.3 is 4.90 Å². The first-order valence-corrected chi connectivity index (χ1v) is 7.88. The number of hydrogen-bond acceptors (Lipinski definition) is 4. The van der Waals surface area contributed by atoms with Gasteiger partial charge in [0, 0.05) is 37.6 Å². The molecule has 0 saturated carbocycles. The van der Waals surface area contributed by atoms with Gasteiger partial charge in [-0.1, -0.05) is 13.8 Å². The van der Waals surface area contributed by atoms with Crippen molar-refractivity contribution in [2.45, 2.75) is 45.6 Å². The largest absolute Gasteiger partial charge is 0.339 e. The molecule has 4 heteroatoms. The lowest BCUT2D eigenvalue weighted by atomic mass is 9.94. The summed E-state index contributed by atoms with van der Waals surface area (Å²) in [6, 6.07) is 0.